The van der Waals surface area contributed by atoms with Gasteiger partial charge in [-0.2, -0.15) is 0 Å². The molecule has 3 amide bonds. The third-order valence-corrected chi connectivity index (χ3v) is 3.92. The molecular formula is C19H18N2O2. The average Bonchev–Trinajstić information content (AvgIpc) is 2.78. The van der Waals surface area contributed by atoms with Crippen molar-refractivity contribution in [1.82, 2.24) is 5.32 Å². The lowest BCUT2D eigenvalue weighted by molar-refractivity contribution is -0.113. The number of aryl methyl sites for hydroxylation is 3. The van der Waals surface area contributed by atoms with E-state index >= 15 is 0 Å². The number of rotatable bonds is 2. The number of amides is 3. The van der Waals surface area contributed by atoms with Crippen molar-refractivity contribution in [3.05, 3.63) is 70.4 Å². The van der Waals surface area contributed by atoms with Gasteiger partial charge < -0.3 is 5.32 Å². The molecule has 1 saturated heterocycles. The van der Waals surface area contributed by atoms with Gasteiger partial charge in [0.1, 0.15) is 5.70 Å². The Labute approximate surface area is 135 Å². The van der Waals surface area contributed by atoms with Gasteiger partial charge in [0.15, 0.2) is 0 Å². The summed E-state index contributed by atoms with van der Waals surface area (Å²) < 4.78 is 0. The predicted molar refractivity (Wildman–Crippen MR) is 91.1 cm³/mol. The van der Waals surface area contributed by atoms with Gasteiger partial charge in [0.05, 0.1) is 5.69 Å². The van der Waals surface area contributed by atoms with Crippen molar-refractivity contribution < 1.29 is 9.59 Å². The summed E-state index contributed by atoms with van der Waals surface area (Å²) in [6.07, 6.45) is 1.76. The van der Waals surface area contributed by atoms with Crippen molar-refractivity contribution in [2.24, 2.45) is 0 Å². The predicted octanol–water partition coefficient (Wildman–Crippen LogP) is 3.71. The van der Waals surface area contributed by atoms with Crippen molar-refractivity contribution >= 4 is 23.7 Å². The number of imide groups is 1. The minimum atomic E-state index is -0.421. The molecule has 1 fully saturated rings. The maximum absolute atomic E-state index is 12.6. The number of anilines is 1. The van der Waals surface area contributed by atoms with Crippen LogP contribution >= 0.6 is 0 Å². The first kappa shape index (κ1) is 15.0. The normalized spacial score (nSPS) is 16.1. The summed E-state index contributed by atoms with van der Waals surface area (Å²) in [5.74, 6) is -0.333. The van der Waals surface area contributed by atoms with Crippen molar-refractivity contribution in [1.29, 1.82) is 0 Å². The minimum Gasteiger partial charge on any atom is -0.302 e. The first-order chi connectivity index (χ1) is 11.0. The van der Waals surface area contributed by atoms with Crippen LogP contribution in [0.25, 0.3) is 6.08 Å². The number of carbonyl (C=O) groups is 2. The summed E-state index contributed by atoms with van der Waals surface area (Å²) in [7, 11) is 0. The van der Waals surface area contributed by atoms with Crippen LogP contribution in [-0.2, 0) is 4.79 Å². The summed E-state index contributed by atoms with van der Waals surface area (Å²) in [6.45, 7) is 6.04. The molecule has 2 aromatic carbocycles. The van der Waals surface area contributed by atoms with Crippen LogP contribution in [0.2, 0.25) is 0 Å². The number of hydrogen-bond donors (Lipinski definition) is 1. The van der Waals surface area contributed by atoms with Crippen molar-refractivity contribution in [3.8, 4) is 0 Å². The molecule has 0 atom stereocenters. The highest BCUT2D eigenvalue weighted by atomic mass is 16.2. The van der Waals surface area contributed by atoms with E-state index < -0.39 is 6.03 Å². The van der Waals surface area contributed by atoms with E-state index in [1.165, 1.54) is 5.56 Å². The van der Waals surface area contributed by atoms with Crippen LogP contribution < -0.4 is 10.2 Å². The van der Waals surface area contributed by atoms with Gasteiger partial charge in [-0.25, -0.2) is 9.69 Å². The van der Waals surface area contributed by atoms with Gasteiger partial charge in [-0.1, -0.05) is 35.9 Å². The van der Waals surface area contributed by atoms with E-state index in [0.717, 1.165) is 21.6 Å². The smallest absolute Gasteiger partial charge is 0.302 e. The number of nitrogens with one attached hydrogen (secondary N) is 1. The molecule has 4 nitrogen and oxygen atoms in total. The molecule has 0 radical (unpaired) electrons. The standard InChI is InChI=1S/C19H18N2O2/c1-12-9-13(2)16(14(3)10-12)11-17-18(22)21(19(23)20-17)15-7-5-4-6-8-15/h4-11H,1-3H3,(H,20,23). The molecule has 1 heterocycles. The Morgan fingerprint density at radius 1 is 0.957 bits per heavy atom. The maximum atomic E-state index is 12.6. The molecule has 3 rings (SSSR count). The van der Waals surface area contributed by atoms with Gasteiger partial charge in [-0.15, -0.1) is 0 Å². The molecule has 23 heavy (non-hydrogen) atoms. The van der Waals surface area contributed by atoms with E-state index in [0.29, 0.717) is 11.4 Å². The fraction of sp³-hybridized carbons (Fsp3) is 0.158. The fourth-order valence-electron chi connectivity index (χ4n) is 2.91. The molecule has 4 heteroatoms. The monoisotopic (exact) mass is 306 g/mol. The van der Waals surface area contributed by atoms with E-state index in [2.05, 4.69) is 17.4 Å². The third kappa shape index (κ3) is 2.75. The van der Waals surface area contributed by atoms with Crippen molar-refractivity contribution in [2.45, 2.75) is 20.8 Å². The molecule has 0 bridgehead atoms. The number of hydrogen-bond acceptors (Lipinski definition) is 2. The largest absolute Gasteiger partial charge is 0.333 e. The zero-order valence-electron chi connectivity index (χ0n) is 13.4. The lowest BCUT2D eigenvalue weighted by Crippen LogP contribution is -2.30. The highest BCUT2D eigenvalue weighted by Gasteiger charge is 2.34. The fourth-order valence-corrected chi connectivity index (χ4v) is 2.91. The summed E-state index contributed by atoms with van der Waals surface area (Å²) in [4.78, 5) is 25.9. The van der Waals surface area contributed by atoms with Gasteiger partial charge in [-0.05, 0) is 55.7 Å². The Morgan fingerprint density at radius 2 is 1.57 bits per heavy atom. The first-order valence-corrected chi connectivity index (χ1v) is 7.47. The van der Waals surface area contributed by atoms with Crippen LogP contribution in [-0.4, -0.2) is 11.9 Å². The molecule has 0 unspecified atom stereocenters. The number of benzene rings is 2. The summed E-state index contributed by atoms with van der Waals surface area (Å²) in [5, 5.41) is 2.67. The molecule has 0 aliphatic carbocycles. The van der Waals surface area contributed by atoms with E-state index in [1.54, 1.807) is 30.3 Å². The lowest BCUT2D eigenvalue weighted by Gasteiger charge is -2.11. The molecule has 1 aliphatic rings. The number of para-hydroxylation sites is 1. The quantitative estimate of drug-likeness (QED) is 0.679. The minimum absolute atomic E-state index is 0.300. The Morgan fingerprint density at radius 3 is 2.17 bits per heavy atom. The lowest BCUT2D eigenvalue weighted by atomic mass is 9.99. The second-order valence-corrected chi connectivity index (χ2v) is 5.78. The first-order valence-electron chi connectivity index (χ1n) is 7.47. The second kappa shape index (κ2) is 5.72. The van der Waals surface area contributed by atoms with Crippen LogP contribution in [0.5, 0.6) is 0 Å². The van der Waals surface area contributed by atoms with E-state index in [9.17, 15) is 9.59 Å². The van der Waals surface area contributed by atoms with Crippen LogP contribution in [0.15, 0.2) is 48.2 Å². The number of urea groups is 1. The Hall–Kier alpha value is -2.88. The summed E-state index contributed by atoms with van der Waals surface area (Å²) in [6, 6.07) is 12.6. The molecule has 0 spiro atoms. The van der Waals surface area contributed by atoms with E-state index in [-0.39, 0.29) is 5.91 Å². The molecular weight excluding hydrogens is 288 g/mol. The van der Waals surface area contributed by atoms with Gasteiger partial charge in [0.2, 0.25) is 0 Å². The third-order valence-electron chi connectivity index (χ3n) is 3.92. The Bertz CT molecular complexity index is 800. The molecule has 0 saturated carbocycles. The van der Waals surface area contributed by atoms with Gasteiger partial charge in [0, 0.05) is 0 Å². The molecule has 1 aliphatic heterocycles. The van der Waals surface area contributed by atoms with E-state index in [4.69, 9.17) is 0 Å². The second-order valence-electron chi connectivity index (χ2n) is 5.78. The van der Waals surface area contributed by atoms with Crippen molar-refractivity contribution in [3.63, 3.8) is 0 Å². The number of nitrogens with zero attached hydrogens (tertiary/aromatic N) is 1. The van der Waals surface area contributed by atoms with Crippen LogP contribution in [0.3, 0.4) is 0 Å². The zero-order valence-corrected chi connectivity index (χ0v) is 13.4. The Balaban J connectivity index is 2.00. The molecule has 1 N–H and O–H groups in total. The summed E-state index contributed by atoms with van der Waals surface area (Å²) >= 11 is 0. The zero-order chi connectivity index (χ0) is 16.6. The van der Waals surface area contributed by atoms with Crippen LogP contribution in [0.4, 0.5) is 10.5 Å². The van der Waals surface area contributed by atoms with Gasteiger partial charge in [-0.3, -0.25) is 4.79 Å². The van der Waals surface area contributed by atoms with Gasteiger partial charge >= 0.3 is 6.03 Å². The average molecular weight is 306 g/mol. The number of carbonyl (C=O) groups excluding carboxylic acids is 2. The highest BCUT2D eigenvalue weighted by molar-refractivity contribution is 6.28. The van der Waals surface area contributed by atoms with Gasteiger partial charge in [0.25, 0.3) is 5.91 Å². The molecule has 116 valence electrons. The topological polar surface area (TPSA) is 49.4 Å². The Kier molecular flexibility index (Phi) is 3.74. The van der Waals surface area contributed by atoms with Crippen LogP contribution in [0.1, 0.15) is 22.3 Å². The van der Waals surface area contributed by atoms with E-state index in [1.807, 2.05) is 26.8 Å². The molecule has 0 aromatic heterocycles. The van der Waals surface area contributed by atoms with Crippen molar-refractivity contribution in [2.75, 3.05) is 4.90 Å². The SMILES string of the molecule is Cc1cc(C)c(C=C2NC(=O)N(c3ccccc3)C2=O)c(C)c1. The summed E-state index contributed by atoms with van der Waals surface area (Å²) in [5.41, 5.74) is 5.17. The maximum Gasteiger partial charge on any atom is 0.333 e. The van der Waals surface area contributed by atoms with Crippen LogP contribution in [0, 0.1) is 20.8 Å². The molecule has 2 aromatic rings. The highest BCUT2D eigenvalue weighted by Crippen LogP contribution is 2.24.